The fourth-order valence-corrected chi connectivity index (χ4v) is 1.54. The molecular formula is C7H6F10. The van der Waals surface area contributed by atoms with E-state index in [0.717, 1.165) is 0 Å². The Morgan fingerprint density at radius 3 is 0.647 bits per heavy atom. The fraction of sp³-hybridized carbons (Fsp3) is 1.00. The normalized spacial score (nSPS) is 16.2. The Bertz CT molecular complexity index is 209. The Kier molecular flexibility index (Phi) is 3.49. The van der Waals surface area contributed by atoms with Crippen molar-refractivity contribution in [3.8, 4) is 0 Å². The lowest BCUT2D eigenvalue weighted by atomic mass is 9.74. The molecule has 0 N–H and O–H groups in total. The van der Waals surface area contributed by atoms with Gasteiger partial charge in [0.25, 0.3) is 17.3 Å². The summed E-state index contributed by atoms with van der Waals surface area (Å²) in [5, 5.41) is 0. The standard InChI is InChI=1S/C7H6F10/c1-3(8,9)5(4(2,10)11,6(12,13)14)7(15,16)17/h1-2H3. The summed E-state index contributed by atoms with van der Waals surface area (Å²) in [5.41, 5.74) is -6.42. The van der Waals surface area contributed by atoms with Crippen LogP contribution in [0.3, 0.4) is 0 Å². The zero-order valence-corrected chi connectivity index (χ0v) is 8.28. The number of halogens is 10. The van der Waals surface area contributed by atoms with Gasteiger partial charge in [0, 0.05) is 13.8 Å². The Labute approximate surface area is 88.6 Å². The third-order valence-corrected chi connectivity index (χ3v) is 2.17. The highest BCUT2D eigenvalue weighted by molar-refractivity contribution is 5.08. The average Bonchev–Trinajstić information content (AvgIpc) is 1.67. The van der Waals surface area contributed by atoms with Gasteiger partial charge in [-0.15, -0.1) is 0 Å². The molecule has 0 aliphatic carbocycles. The van der Waals surface area contributed by atoms with Crippen molar-refractivity contribution in [2.45, 2.75) is 38.0 Å². The fourth-order valence-electron chi connectivity index (χ4n) is 1.54. The summed E-state index contributed by atoms with van der Waals surface area (Å²) >= 11 is 0. The molecule has 0 saturated heterocycles. The van der Waals surface area contributed by atoms with Crippen LogP contribution in [0.1, 0.15) is 13.8 Å². The van der Waals surface area contributed by atoms with Crippen molar-refractivity contribution in [1.82, 2.24) is 0 Å². The molecule has 104 valence electrons. The Balaban J connectivity index is 6.37. The van der Waals surface area contributed by atoms with Gasteiger partial charge in [0.2, 0.25) is 0 Å². The Morgan fingerprint density at radius 1 is 0.471 bits per heavy atom. The van der Waals surface area contributed by atoms with E-state index in [4.69, 9.17) is 0 Å². The van der Waals surface area contributed by atoms with Crippen LogP contribution in [0.2, 0.25) is 0 Å². The van der Waals surface area contributed by atoms with Crippen LogP contribution in [0.15, 0.2) is 0 Å². The van der Waals surface area contributed by atoms with E-state index >= 15 is 0 Å². The third kappa shape index (κ3) is 2.17. The molecule has 0 aromatic rings. The van der Waals surface area contributed by atoms with Crippen LogP contribution in [0.4, 0.5) is 43.9 Å². The summed E-state index contributed by atoms with van der Waals surface area (Å²) in [7, 11) is 0. The average molecular weight is 280 g/mol. The molecule has 0 aliphatic rings. The van der Waals surface area contributed by atoms with Crippen LogP contribution in [0.5, 0.6) is 0 Å². The van der Waals surface area contributed by atoms with Crippen molar-refractivity contribution in [2.24, 2.45) is 5.41 Å². The molecule has 17 heavy (non-hydrogen) atoms. The van der Waals surface area contributed by atoms with Crippen molar-refractivity contribution in [3.05, 3.63) is 0 Å². The van der Waals surface area contributed by atoms with Crippen molar-refractivity contribution >= 4 is 0 Å². The molecule has 0 aromatic heterocycles. The summed E-state index contributed by atoms with van der Waals surface area (Å²) < 4.78 is 124. The molecule has 0 radical (unpaired) electrons. The van der Waals surface area contributed by atoms with Gasteiger partial charge >= 0.3 is 12.4 Å². The summed E-state index contributed by atoms with van der Waals surface area (Å²) in [6.07, 6.45) is -13.7. The zero-order chi connectivity index (χ0) is 14.5. The van der Waals surface area contributed by atoms with Gasteiger partial charge in [0.1, 0.15) is 0 Å². The number of rotatable bonds is 2. The van der Waals surface area contributed by atoms with E-state index in [0.29, 0.717) is 0 Å². The van der Waals surface area contributed by atoms with Gasteiger partial charge in [-0.1, -0.05) is 0 Å². The topological polar surface area (TPSA) is 0 Å². The zero-order valence-electron chi connectivity index (χ0n) is 8.28. The van der Waals surface area contributed by atoms with Crippen LogP contribution in [0, 0.1) is 5.41 Å². The summed E-state index contributed by atoms with van der Waals surface area (Å²) in [6.45, 7) is -1.68. The van der Waals surface area contributed by atoms with Gasteiger partial charge in [0.15, 0.2) is 0 Å². The maximum atomic E-state index is 12.6. The smallest absolute Gasteiger partial charge is 0.206 e. The molecule has 0 atom stereocenters. The molecule has 0 bridgehead atoms. The lowest BCUT2D eigenvalue weighted by molar-refractivity contribution is -0.445. The summed E-state index contributed by atoms with van der Waals surface area (Å²) in [4.78, 5) is 0. The first-order chi connectivity index (χ1) is 7.00. The molecule has 0 fully saturated rings. The molecule has 0 aromatic carbocycles. The third-order valence-electron chi connectivity index (χ3n) is 2.17. The first-order valence-corrected chi connectivity index (χ1v) is 3.89. The monoisotopic (exact) mass is 280 g/mol. The van der Waals surface area contributed by atoms with E-state index in [9.17, 15) is 43.9 Å². The van der Waals surface area contributed by atoms with Crippen molar-refractivity contribution in [2.75, 3.05) is 0 Å². The molecule has 10 heteroatoms. The molecule has 0 aliphatic heterocycles. The van der Waals surface area contributed by atoms with E-state index in [1.54, 1.807) is 0 Å². The Hall–Kier alpha value is -0.700. The maximum Gasteiger partial charge on any atom is 0.415 e. The first kappa shape index (κ1) is 16.3. The predicted molar refractivity (Wildman–Crippen MR) is 35.8 cm³/mol. The molecule has 0 spiro atoms. The molecular weight excluding hydrogens is 274 g/mol. The van der Waals surface area contributed by atoms with Gasteiger partial charge < -0.3 is 0 Å². The summed E-state index contributed by atoms with van der Waals surface area (Å²) in [5.74, 6) is -11.5. The van der Waals surface area contributed by atoms with E-state index in [1.807, 2.05) is 0 Å². The van der Waals surface area contributed by atoms with Crippen molar-refractivity contribution in [1.29, 1.82) is 0 Å². The lowest BCUT2D eigenvalue weighted by Crippen LogP contribution is -2.68. The van der Waals surface area contributed by atoms with Crippen LogP contribution in [0.25, 0.3) is 0 Å². The highest BCUT2D eigenvalue weighted by Gasteiger charge is 2.89. The number of hydrogen-bond acceptors (Lipinski definition) is 0. The molecule has 0 amide bonds. The van der Waals surface area contributed by atoms with Gasteiger partial charge in [-0.25, -0.2) is 17.6 Å². The van der Waals surface area contributed by atoms with Gasteiger partial charge in [0.05, 0.1) is 0 Å². The second-order valence-electron chi connectivity index (χ2n) is 3.52. The first-order valence-electron chi connectivity index (χ1n) is 3.89. The maximum absolute atomic E-state index is 12.6. The van der Waals surface area contributed by atoms with Gasteiger partial charge in [-0.3, -0.25) is 0 Å². The summed E-state index contributed by atoms with van der Waals surface area (Å²) in [6, 6.07) is 0. The minimum Gasteiger partial charge on any atom is -0.206 e. The van der Waals surface area contributed by atoms with Crippen molar-refractivity contribution in [3.63, 3.8) is 0 Å². The second-order valence-corrected chi connectivity index (χ2v) is 3.52. The molecule has 0 heterocycles. The minimum atomic E-state index is -6.86. The second kappa shape index (κ2) is 3.64. The van der Waals surface area contributed by atoms with E-state index in [-0.39, 0.29) is 0 Å². The SMILES string of the molecule is CC(F)(F)C(C(C)(F)F)(C(F)(F)F)C(F)(F)F. The van der Waals surface area contributed by atoms with Gasteiger partial charge in [-0.2, -0.15) is 26.3 Å². The number of hydrogen-bond donors (Lipinski definition) is 0. The van der Waals surface area contributed by atoms with E-state index < -0.39 is 43.5 Å². The molecule has 0 unspecified atom stereocenters. The highest BCUT2D eigenvalue weighted by Crippen LogP contribution is 2.65. The quantitative estimate of drug-likeness (QED) is 0.657. The van der Waals surface area contributed by atoms with Crippen LogP contribution in [-0.4, -0.2) is 24.2 Å². The van der Waals surface area contributed by atoms with Crippen LogP contribution < -0.4 is 0 Å². The van der Waals surface area contributed by atoms with Gasteiger partial charge in [-0.05, 0) is 0 Å². The predicted octanol–water partition coefficient (Wildman–Crippen LogP) is 4.41. The van der Waals surface area contributed by atoms with Crippen molar-refractivity contribution < 1.29 is 43.9 Å². The van der Waals surface area contributed by atoms with E-state index in [2.05, 4.69) is 0 Å². The molecule has 0 nitrogen and oxygen atoms in total. The van der Waals surface area contributed by atoms with E-state index in [1.165, 1.54) is 0 Å². The largest absolute Gasteiger partial charge is 0.415 e. The molecule has 0 rings (SSSR count). The number of alkyl halides is 10. The minimum absolute atomic E-state index is 0.842. The van der Waals surface area contributed by atoms with Crippen LogP contribution >= 0.6 is 0 Å². The Morgan fingerprint density at radius 2 is 0.647 bits per heavy atom. The lowest BCUT2D eigenvalue weighted by Gasteiger charge is -2.44. The highest BCUT2D eigenvalue weighted by atomic mass is 19.4. The van der Waals surface area contributed by atoms with Crippen LogP contribution in [-0.2, 0) is 0 Å². The molecule has 0 saturated carbocycles.